The van der Waals surface area contributed by atoms with Gasteiger partial charge < -0.3 is 15.7 Å². The Morgan fingerprint density at radius 1 is 1.24 bits per heavy atom. The third-order valence-corrected chi connectivity index (χ3v) is 4.44. The Morgan fingerprint density at radius 3 is 2.48 bits per heavy atom. The minimum Gasteiger partial charge on any atom is -0.391 e. The molecule has 116 valence electrons. The second-order valence-electron chi connectivity index (χ2n) is 6.14. The first-order chi connectivity index (χ1) is 10.1. The van der Waals surface area contributed by atoms with Gasteiger partial charge in [-0.15, -0.1) is 0 Å². The Labute approximate surface area is 126 Å². The van der Waals surface area contributed by atoms with Crippen LogP contribution in [0.15, 0.2) is 30.3 Å². The number of rotatable bonds is 6. The smallest absolute Gasteiger partial charge is 0.315 e. The van der Waals surface area contributed by atoms with E-state index >= 15 is 0 Å². The largest absolute Gasteiger partial charge is 0.391 e. The van der Waals surface area contributed by atoms with Crippen molar-refractivity contribution in [1.82, 2.24) is 10.6 Å². The maximum absolute atomic E-state index is 11.9. The van der Waals surface area contributed by atoms with Crippen LogP contribution in [-0.4, -0.2) is 29.3 Å². The molecular formula is C17H26N2O2. The van der Waals surface area contributed by atoms with Crippen LogP contribution in [0.5, 0.6) is 0 Å². The fourth-order valence-electron chi connectivity index (χ4n) is 2.64. The fraction of sp³-hybridized carbons (Fsp3) is 0.588. The summed E-state index contributed by atoms with van der Waals surface area (Å²) in [6.45, 7) is 3.88. The summed E-state index contributed by atoms with van der Waals surface area (Å²) in [6, 6.07) is 9.56. The van der Waals surface area contributed by atoms with E-state index < -0.39 is 6.10 Å². The van der Waals surface area contributed by atoms with Crippen LogP contribution in [0.1, 0.15) is 38.7 Å². The van der Waals surface area contributed by atoms with E-state index in [1.165, 1.54) is 19.3 Å². The molecule has 0 saturated heterocycles. The Kier molecular flexibility index (Phi) is 5.62. The number of carbonyl (C=O) groups excluding carboxylic acids is 1. The topological polar surface area (TPSA) is 61.4 Å². The van der Waals surface area contributed by atoms with Gasteiger partial charge in [0.25, 0.3) is 0 Å². The van der Waals surface area contributed by atoms with Gasteiger partial charge in [0.05, 0.1) is 12.1 Å². The molecule has 3 unspecified atom stereocenters. The Morgan fingerprint density at radius 2 is 1.90 bits per heavy atom. The molecular weight excluding hydrogens is 264 g/mol. The van der Waals surface area contributed by atoms with Gasteiger partial charge in [0, 0.05) is 12.5 Å². The molecule has 0 radical (unpaired) electrons. The van der Waals surface area contributed by atoms with Gasteiger partial charge in [-0.25, -0.2) is 4.79 Å². The van der Waals surface area contributed by atoms with Crippen LogP contribution < -0.4 is 10.6 Å². The van der Waals surface area contributed by atoms with E-state index in [2.05, 4.69) is 17.6 Å². The predicted molar refractivity (Wildman–Crippen MR) is 84.1 cm³/mol. The van der Waals surface area contributed by atoms with E-state index in [-0.39, 0.29) is 18.1 Å². The molecule has 3 N–H and O–H groups in total. The number of amides is 2. The highest BCUT2D eigenvalue weighted by molar-refractivity contribution is 5.74. The molecule has 1 saturated carbocycles. The first kappa shape index (κ1) is 15.8. The highest BCUT2D eigenvalue weighted by Crippen LogP contribution is 2.29. The molecule has 1 aromatic rings. The van der Waals surface area contributed by atoms with Crippen molar-refractivity contribution in [1.29, 1.82) is 0 Å². The lowest BCUT2D eigenvalue weighted by Gasteiger charge is -2.32. The summed E-state index contributed by atoms with van der Waals surface area (Å²) in [7, 11) is 0. The summed E-state index contributed by atoms with van der Waals surface area (Å²) in [4.78, 5) is 11.9. The van der Waals surface area contributed by atoms with Gasteiger partial charge in [-0.2, -0.15) is 0 Å². The molecule has 0 aliphatic heterocycles. The van der Waals surface area contributed by atoms with Gasteiger partial charge in [0.2, 0.25) is 0 Å². The molecule has 2 amide bonds. The molecule has 1 aliphatic carbocycles. The zero-order chi connectivity index (χ0) is 15.2. The molecule has 0 aromatic heterocycles. The number of hydrogen-bond acceptors (Lipinski definition) is 2. The minimum atomic E-state index is -0.586. The lowest BCUT2D eigenvalue weighted by molar-refractivity contribution is 0.134. The molecule has 1 aromatic carbocycles. The molecule has 3 atom stereocenters. The van der Waals surface area contributed by atoms with E-state index in [1.807, 2.05) is 37.3 Å². The van der Waals surface area contributed by atoms with Crippen LogP contribution in [0.2, 0.25) is 0 Å². The average molecular weight is 290 g/mol. The highest BCUT2D eigenvalue weighted by atomic mass is 16.3. The van der Waals surface area contributed by atoms with E-state index in [1.54, 1.807) is 0 Å². The van der Waals surface area contributed by atoms with Crippen LogP contribution >= 0.6 is 0 Å². The van der Waals surface area contributed by atoms with Crippen molar-refractivity contribution in [3.63, 3.8) is 0 Å². The van der Waals surface area contributed by atoms with E-state index in [0.29, 0.717) is 12.3 Å². The first-order valence-corrected chi connectivity index (χ1v) is 7.85. The SMILES string of the molecule is CC(NC(=O)NC(C)C1CCC1)C(O)Cc1ccccc1. The molecule has 0 spiro atoms. The van der Waals surface area contributed by atoms with E-state index in [4.69, 9.17) is 0 Å². The Balaban J connectivity index is 1.74. The average Bonchev–Trinajstić information content (AvgIpc) is 2.37. The number of urea groups is 1. The Bertz CT molecular complexity index is 445. The summed E-state index contributed by atoms with van der Waals surface area (Å²) in [5, 5.41) is 16.0. The van der Waals surface area contributed by atoms with Gasteiger partial charge in [-0.1, -0.05) is 36.8 Å². The van der Waals surface area contributed by atoms with Crippen LogP contribution in [0.25, 0.3) is 0 Å². The van der Waals surface area contributed by atoms with Crippen LogP contribution in [0, 0.1) is 5.92 Å². The predicted octanol–water partition coefficient (Wildman–Crippen LogP) is 2.47. The molecule has 1 fully saturated rings. The number of carbonyl (C=O) groups is 1. The molecule has 4 nitrogen and oxygen atoms in total. The number of hydrogen-bond donors (Lipinski definition) is 3. The lowest BCUT2D eigenvalue weighted by atomic mass is 9.80. The third-order valence-electron chi connectivity index (χ3n) is 4.44. The quantitative estimate of drug-likeness (QED) is 0.753. The number of benzene rings is 1. The second kappa shape index (κ2) is 7.46. The second-order valence-corrected chi connectivity index (χ2v) is 6.14. The molecule has 0 bridgehead atoms. The molecule has 21 heavy (non-hydrogen) atoms. The van der Waals surface area contributed by atoms with Crippen LogP contribution in [0.4, 0.5) is 4.79 Å². The monoisotopic (exact) mass is 290 g/mol. The van der Waals surface area contributed by atoms with Crippen molar-refractivity contribution in [2.24, 2.45) is 5.92 Å². The van der Waals surface area contributed by atoms with E-state index in [0.717, 1.165) is 5.56 Å². The van der Waals surface area contributed by atoms with Crippen LogP contribution in [-0.2, 0) is 6.42 Å². The van der Waals surface area contributed by atoms with Crippen molar-refractivity contribution < 1.29 is 9.90 Å². The van der Waals surface area contributed by atoms with Crippen molar-refractivity contribution in [3.05, 3.63) is 35.9 Å². The van der Waals surface area contributed by atoms with Gasteiger partial charge >= 0.3 is 6.03 Å². The first-order valence-electron chi connectivity index (χ1n) is 7.85. The maximum Gasteiger partial charge on any atom is 0.315 e. The third kappa shape index (κ3) is 4.74. The van der Waals surface area contributed by atoms with E-state index in [9.17, 15) is 9.90 Å². The minimum absolute atomic E-state index is 0.186. The van der Waals surface area contributed by atoms with Crippen molar-refractivity contribution >= 4 is 6.03 Å². The number of aliphatic hydroxyl groups excluding tert-OH is 1. The molecule has 1 aliphatic rings. The summed E-state index contributed by atoms with van der Waals surface area (Å²) in [5.41, 5.74) is 1.07. The van der Waals surface area contributed by atoms with Crippen molar-refractivity contribution in [3.8, 4) is 0 Å². The summed E-state index contributed by atoms with van der Waals surface area (Å²) in [5.74, 6) is 0.611. The van der Waals surface area contributed by atoms with Gasteiger partial charge in [-0.3, -0.25) is 0 Å². The van der Waals surface area contributed by atoms with Gasteiger partial charge in [0.1, 0.15) is 0 Å². The molecule has 0 heterocycles. The number of aliphatic hydroxyl groups is 1. The summed E-state index contributed by atoms with van der Waals surface area (Å²) < 4.78 is 0. The zero-order valence-corrected chi connectivity index (χ0v) is 12.9. The van der Waals surface area contributed by atoms with Gasteiger partial charge in [-0.05, 0) is 38.2 Å². The van der Waals surface area contributed by atoms with Crippen LogP contribution in [0.3, 0.4) is 0 Å². The Hall–Kier alpha value is -1.55. The van der Waals surface area contributed by atoms with Gasteiger partial charge in [0.15, 0.2) is 0 Å². The van der Waals surface area contributed by atoms with Crippen molar-refractivity contribution in [2.45, 2.75) is 57.7 Å². The standard InChI is InChI=1S/C17H26N2O2/c1-12(15-9-6-10-15)18-17(21)19-13(2)16(20)11-14-7-4-3-5-8-14/h3-5,7-8,12-13,15-16,20H,6,9-11H2,1-2H3,(H2,18,19,21). The van der Waals surface area contributed by atoms with Crippen molar-refractivity contribution in [2.75, 3.05) is 0 Å². The molecule has 2 rings (SSSR count). The normalized spacial score (nSPS) is 19.2. The fourth-order valence-corrected chi connectivity index (χ4v) is 2.64. The zero-order valence-electron chi connectivity index (χ0n) is 12.9. The lowest BCUT2D eigenvalue weighted by Crippen LogP contribution is -2.51. The number of nitrogens with one attached hydrogen (secondary N) is 2. The summed E-state index contributed by atoms with van der Waals surface area (Å²) >= 11 is 0. The highest BCUT2D eigenvalue weighted by Gasteiger charge is 2.25. The molecule has 4 heteroatoms. The summed E-state index contributed by atoms with van der Waals surface area (Å²) in [6.07, 6.45) is 3.63. The maximum atomic E-state index is 11.9.